The van der Waals surface area contributed by atoms with Gasteiger partial charge in [-0.1, -0.05) is 6.07 Å². The molecule has 2 N–H and O–H groups in total. The van der Waals surface area contributed by atoms with Crippen LogP contribution in [0.3, 0.4) is 0 Å². The van der Waals surface area contributed by atoms with Crippen molar-refractivity contribution in [2.24, 2.45) is 0 Å². The average Bonchev–Trinajstić information content (AvgIpc) is 2.71. The summed E-state index contributed by atoms with van der Waals surface area (Å²) in [6.45, 7) is 2.24. The van der Waals surface area contributed by atoms with Crippen molar-refractivity contribution in [1.29, 1.82) is 0 Å². The second kappa shape index (κ2) is 11.1. The highest BCUT2D eigenvalue weighted by Gasteiger charge is 2.28. The highest BCUT2D eigenvalue weighted by Crippen LogP contribution is 2.27. The quantitative estimate of drug-likeness (QED) is 0.667. The highest BCUT2D eigenvalue weighted by atomic mass is 35.5. The number of methoxy groups -OCH3 is 1. The lowest BCUT2D eigenvalue weighted by atomic mass is 9.85. The third-order valence-corrected chi connectivity index (χ3v) is 4.84. The van der Waals surface area contributed by atoms with E-state index in [-0.39, 0.29) is 30.3 Å². The van der Waals surface area contributed by atoms with Gasteiger partial charge in [0.1, 0.15) is 12.4 Å². The molecular weight excluding hydrogens is 402 g/mol. The standard InChI is InChI=1S/C21H24F2N2O3.ClH/c1-27-10-11-28-16-5-2-14(3-6-16)21(26)25-20-13-24-9-8-17(20)15-4-7-18(22)19(23)12-15;/h2-7,12,17,20,24H,8-11,13H2,1H3,(H,25,26);1H. The van der Waals surface area contributed by atoms with Gasteiger partial charge in [-0.05, 0) is 54.9 Å². The number of rotatable bonds is 7. The maximum atomic E-state index is 13.6. The van der Waals surface area contributed by atoms with Gasteiger partial charge in [-0.2, -0.15) is 0 Å². The first-order valence-corrected chi connectivity index (χ1v) is 9.27. The Morgan fingerprint density at radius 2 is 1.90 bits per heavy atom. The van der Waals surface area contributed by atoms with E-state index in [0.717, 1.165) is 19.0 Å². The lowest BCUT2D eigenvalue weighted by molar-refractivity contribution is 0.0924. The van der Waals surface area contributed by atoms with Crippen LogP contribution in [0.4, 0.5) is 8.78 Å². The minimum Gasteiger partial charge on any atom is -0.491 e. The molecule has 5 nitrogen and oxygen atoms in total. The topological polar surface area (TPSA) is 59.6 Å². The first-order chi connectivity index (χ1) is 13.6. The highest BCUT2D eigenvalue weighted by molar-refractivity contribution is 5.94. The summed E-state index contributed by atoms with van der Waals surface area (Å²) in [7, 11) is 1.60. The molecule has 158 valence electrons. The Kier molecular flexibility index (Phi) is 8.82. The minimum absolute atomic E-state index is 0. The summed E-state index contributed by atoms with van der Waals surface area (Å²) < 4.78 is 37.3. The molecule has 1 aliphatic rings. The van der Waals surface area contributed by atoms with E-state index in [9.17, 15) is 13.6 Å². The first-order valence-electron chi connectivity index (χ1n) is 9.27. The van der Waals surface area contributed by atoms with E-state index in [1.165, 1.54) is 6.07 Å². The van der Waals surface area contributed by atoms with Crippen LogP contribution in [0.5, 0.6) is 5.75 Å². The molecule has 8 heteroatoms. The fourth-order valence-electron chi connectivity index (χ4n) is 3.35. The molecule has 3 rings (SSSR count). The number of nitrogens with one attached hydrogen (secondary N) is 2. The van der Waals surface area contributed by atoms with Crippen molar-refractivity contribution in [3.05, 3.63) is 65.2 Å². The van der Waals surface area contributed by atoms with Gasteiger partial charge in [0.15, 0.2) is 11.6 Å². The van der Waals surface area contributed by atoms with Crippen LogP contribution >= 0.6 is 12.4 Å². The Bertz CT molecular complexity index is 805. The number of hydrogen-bond acceptors (Lipinski definition) is 4. The third-order valence-electron chi connectivity index (χ3n) is 4.84. The number of carbonyl (C=O) groups is 1. The molecule has 1 fully saturated rings. The predicted octanol–water partition coefficient (Wildman–Crippen LogP) is 3.29. The summed E-state index contributed by atoms with van der Waals surface area (Å²) >= 11 is 0. The molecule has 1 amide bonds. The van der Waals surface area contributed by atoms with Crippen LogP contribution in [0.1, 0.15) is 28.3 Å². The molecule has 2 aromatic carbocycles. The molecule has 1 heterocycles. The molecule has 0 saturated carbocycles. The van der Waals surface area contributed by atoms with Crippen molar-refractivity contribution in [2.75, 3.05) is 33.4 Å². The summed E-state index contributed by atoms with van der Waals surface area (Å²) in [5.74, 6) is -1.38. The van der Waals surface area contributed by atoms with Gasteiger partial charge in [0, 0.05) is 31.2 Å². The summed E-state index contributed by atoms with van der Waals surface area (Å²) in [4.78, 5) is 12.6. The molecule has 0 bridgehead atoms. The van der Waals surface area contributed by atoms with Gasteiger partial charge in [-0.3, -0.25) is 4.79 Å². The van der Waals surface area contributed by atoms with Gasteiger partial charge in [-0.25, -0.2) is 8.78 Å². The lowest BCUT2D eigenvalue weighted by Gasteiger charge is -2.33. The van der Waals surface area contributed by atoms with Gasteiger partial charge < -0.3 is 20.1 Å². The Morgan fingerprint density at radius 3 is 2.59 bits per heavy atom. The Labute approximate surface area is 175 Å². The van der Waals surface area contributed by atoms with E-state index in [1.807, 2.05) is 0 Å². The maximum absolute atomic E-state index is 13.6. The molecular formula is C21H25ClF2N2O3. The molecule has 0 aliphatic carbocycles. The number of hydrogen-bond donors (Lipinski definition) is 2. The van der Waals surface area contributed by atoms with Gasteiger partial charge in [-0.15, -0.1) is 12.4 Å². The zero-order chi connectivity index (χ0) is 19.9. The zero-order valence-electron chi connectivity index (χ0n) is 16.1. The van der Waals surface area contributed by atoms with Gasteiger partial charge in [0.05, 0.1) is 6.61 Å². The van der Waals surface area contributed by atoms with E-state index in [0.29, 0.717) is 36.6 Å². The Morgan fingerprint density at radius 1 is 1.14 bits per heavy atom. The monoisotopic (exact) mass is 426 g/mol. The van der Waals surface area contributed by atoms with Crippen LogP contribution in [0.25, 0.3) is 0 Å². The van der Waals surface area contributed by atoms with Crippen molar-refractivity contribution in [1.82, 2.24) is 10.6 Å². The third kappa shape index (κ3) is 6.13. The van der Waals surface area contributed by atoms with E-state index in [1.54, 1.807) is 37.4 Å². The fraction of sp³-hybridized carbons (Fsp3) is 0.381. The molecule has 1 aliphatic heterocycles. The van der Waals surface area contributed by atoms with E-state index >= 15 is 0 Å². The van der Waals surface area contributed by atoms with Crippen LogP contribution in [0.2, 0.25) is 0 Å². The molecule has 29 heavy (non-hydrogen) atoms. The van der Waals surface area contributed by atoms with Crippen molar-refractivity contribution < 1.29 is 23.0 Å². The molecule has 1 saturated heterocycles. The van der Waals surface area contributed by atoms with E-state index < -0.39 is 11.6 Å². The second-order valence-electron chi connectivity index (χ2n) is 6.72. The second-order valence-corrected chi connectivity index (χ2v) is 6.72. The van der Waals surface area contributed by atoms with Crippen molar-refractivity contribution >= 4 is 18.3 Å². The molecule has 0 aromatic heterocycles. The molecule has 2 aromatic rings. The summed E-state index contributed by atoms with van der Waals surface area (Å²) in [5.41, 5.74) is 1.20. The minimum atomic E-state index is -0.870. The lowest BCUT2D eigenvalue weighted by Crippen LogP contribution is -2.50. The number of amides is 1. The number of benzene rings is 2. The summed E-state index contributed by atoms with van der Waals surface area (Å²) in [5, 5.41) is 6.25. The van der Waals surface area contributed by atoms with Crippen molar-refractivity contribution in [2.45, 2.75) is 18.4 Å². The predicted molar refractivity (Wildman–Crippen MR) is 109 cm³/mol. The zero-order valence-corrected chi connectivity index (χ0v) is 16.9. The molecule has 2 unspecified atom stereocenters. The average molecular weight is 427 g/mol. The number of carbonyl (C=O) groups excluding carboxylic acids is 1. The molecule has 0 spiro atoms. The van der Waals surface area contributed by atoms with Crippen LogP contribution in [0.15, 0.2) is 42.5 Å². The molecule has 0 radical (unpaired) electrons. The molecule has 2 atom stereocenters. The number of piperidine rings is 1. The fourth-order valence-corrected chi connectivity index (χ4v) is 3.35. The largest absolute Gasteiger partial charge is 0.491 e. The normalized spacial score (nSPS) is 18.6. The van der Waals surface area contributed by atoms with Crippen LogP contribution in [-0.2, 0) is 4.74 Å². The van der Waals surface area contributed by atoms with Crippen LogP contribution < -0.4 is 15.4 Å². The Hall–Kier alpha value is -2.22. The SMILES string of the molecule is COCCOc1ccc(C(=O)NC2CNCCC2c2ccc(F)c(F)c2)cc1.Cl. The van der Waals surface area contributed by atoms with Crippen LogP contribution in [0, 0.1) is 11.6 Å². The van der Waals surface area contributed by atoms with Crippen molar-refractivity contribution in [3.8, 4) is 5.75 Å². The number of ether oxygens (including phenoxy) is 2. The maximum Gasteiger partial charge on any atom is 0.251 e. The van der Waals surface area contributed by atoms with Crippen molar-refractivity contribution in [3.63, 3.8) is 0 Å². The van der Waals surface area contributed by atoms with Crippen LogP contribution in [-0.4, -0.2) is 45.4 Å². The first kappa shape index (κ1) is 23.1. The Balaban J connectivity index is 0.00000300. The van der Waals surface area contributed by atoms with E-state index in [4.69, 9.17) is 9.47 Å². The van der Waals surface area contributed by atoms with Gasteiger partial charge in [0.25, 0.3) is 5.91 Å². The summed E-state index contributed by atoms with van der Waals surface area (Å²) in [6, 6.07) is 10.6. The smallest absolute Gasteiger partial charge is 0.251 e. The summed E-state index contributed by atoms with van der Waals surface area (Å²) in [6.07, 6.45) is 0.725. The van der Waals surface area contributed by atoms with Gasteiger partial charge >= 0.3 is 0 Å². The number of halogens is 3. The van der Waals surface area contributed by atoms with E-state index in [2.05, 4.69) is 10.6 Å². The van der Waals surface area contributed by atoms with Gasteiger partial charge in [0.2, 0.25) is 0 Å².